The molecule has 2 N–H and O–H groups in total. The molecule has 0 bridgehead atoms. The summed E-state index contributed by atoms with van der Waals surface area (Å²) in [6, 6.07) is 10.8. The van der Waals surface area contributed by atoms with Crippen LogP contribution in [-0.4, -0.2) is 33.4 Å². The Morgan fingerprint density at radius 2 is 1.54 bits per heavy atom. The highest BCUT2D eigenvalue weighted by atomic mass is 32.2. The van der Waals surface area contributed by atoms with Crippen molar-refractivity contribution < 1.29 is 31.7 Å². The SMILES string of the molecule is COc1cc(C=C2C(=O)NC(=O)NC2=O)ccc1OS(=O)(=O)c1ccccc1. The number of carbonyl (C=O) groups excluding carboxylic acids is 3. The molecule has 0 unspecified atom stereocenters. The molecule has 9 nitrogen and oxygen atoms in total. The Bertz CT molecular complexity index is 1070. The summed E-state index contributed by atoms with van der Waals surface area (Å²) in [4.78, 5) is 34.6. The minimum Gasteiger partial charge on any atom is -0.493 e. The molecule has 4 amide bonds. The third-order valence-electron chi connectivity index (χ3n) is 3.67. The number of amides is 4. The van der Waals surface area contributed by atoms with Gasteiger partial charge in [0.1, 0.15) is 10.5 Å². The molecule has 0 aliphatic carbocycles. The fourth-order valence-electron chi connectivity index (χ4n) is 2.37. The highest BCUT2D eigenvalue weighted by molar-refractivity contribution is 7.87. The number of carbonyl (C=O) groups is 3. The smallest absolute Gasteiger partial charge is 0.339 e. The van der Waals surface area contributed by atoms with E-state index in [1.54, 1.807) is 18.2 Å². The summed E-state index contributed by atoms with van der Waals surface area (Å²) < 4.78 is 35.0. The van der Waals surface area contributed by atoms with Gasteiger partial charge in [0.2, 0.25) is 0 Å². The first kappa shape index (κ1) is 19.1. The second-order valence-electron chi connectivity index (χ2n) is 5.56. The number of ether oxygens (including phenoxy) is 1. The first-order valence-corrected chi connectivity index (χ1v) is 9.27. The van der Waals surface area contributed by atoms with Crippen molar-refractivity contribution in [2.75, 3.05) is 7.11 Å². The minimum absolute atomic E-state index is 0.0246. The van der Waals surface area contributed by atoms with Crippen LogP contribution in [0.3, 0.4) is 0 Å². The number of benzene rings is 2. The molecular weight excluding hydrogens is 388 g/mol. The monoisotopic (exact) mass is 402 g/mol. The van der Waals surface area contributed by atoms with Crippen LogP contribution in [0.4, 0.5) is 4.79 Å². The van der Waals surface area contributed by atoms with Gasteiger partial charge in [0.15, 0.2) is 11.5 Å². The summed E-state index contributed by atoms with van der Waals surface area (Å²) in [6.07, 6.45) is 1.23. The lowest BCUT2D eigenvalue weighted by molar-refractivity contribution is -0.123. The van der Waals surface area contributed by atoms with E-state index in [0.29, 0.717) is 5.56 Å². The van der Waals surface area contributed by atoms with Crippen LogP contribution in [0.1, 0.15) is 5.56 Å². The zero-order chi connectivity index (χ0) is 20.3. The van der Waals surface area contributed by atoms with Crippen molar-refractivity contribution in [3.8, 4) is 11.5 Å². The predicted octanol–water partition coefficient (Wildman–Crippen LogP) is 1.21. The second kappa shape index (κ2) is 7.53. The topological polar surface area (TPSA) is 128 Å². The van der Waals surface area contributed by atoms with Crippen LogP contribution < -0.4 is 19.6 Å². The van der Waals surface area contributed by atoms with Gasteiger partial charge < -0.3 is 8.92 Å². The van der Waals surface area contributed by atoms with Crippen molar-refractivity contribution in [3.05, 3.63) is 59.7 Å². The third-order valence-corrected chi connectivity index (χ3v) is 4.92. The molecule has 2 aromatic rings. The van der Waals surface area contributed by atoms with Crippen LogP contribution in [0.5, 0.6) is 11.5 Å². The Balaban J connectivity index is 1.91. The summed E-state index contributed by atoms with van der Waals surface area (Å²) in [7, 11) is -2.76. The Labute approximate surface area is 160 Å². The largest absolute Gasteiger partial charge is 0.493 e. The van der Waals surface area contributed by atoms with E-state index in [9.17, 15) is 22.8 Å². The number of hydrogen-bond acceptors (Lipinski definition) is 7. The fraction of sp³-hybridized carbons (Fsp3) is 0.0556. The van der Waals surface area contributed by atoms with E-state index in [-0.39, 0.29) is 22.0 Å². The van der Waals surface area contributed by atoms with Gasteiger partial charge in [-0.15, -0.1) is 0 Å². The summed E-state index contributed by atoms with van der Waals surface area (Å²) in [5, 5.41) is 3.91. The third kappa shape index (κ3) is 4.01. The van der Waals surface area contributed by atoms with Gasteiger partial charge in [-0.05, 0) is 35.9 Å². The highest BCUT2D eigenvalue weighted by Crippen LogP contribution is 2.31. The molecule has 0 spiro atoms. The van der Waals surface area contributed by atoms with Crippen LogP contribution in [0.2, 0.25) is 0 Å². The summed E-state index contributed by atoms with van der Waals surface area (Å²) in [5.74, 6) is -1.69. The van der Waals surface area contributed by atoms with Crippen molar-refractivity contribution in [2.45, 2.75) is 4.90 Å². The Morgan fingerprint density at radius 1 is 0.893 bits per heavy atom. The molecule has 144 valence electrons. The average molecular weight is 402 g/mol. The van der Waals surface area contributed by atoms with E-state index in [1.165, 1.54) is 43.5 Å². The zero-order valence-electron chi connectivity index (χ0n) is 14.5. The summed E-state index contributed by atoms with van der Waals surface area (Å²) >= 11 is 0. The lowest BCUT2D eigenvalue weighted by Gasteiger charge is -2.14. The number of methoxy groups -OCH3 is 1. The standard InChI is InChI=1S/C18H14N2O7S/c1-26-15-10-11(9-13-16(21)19-18(23)20-17(13)22)7-8-14(15)27-28(24,25)12-5-3-2-4-6-12/h2-10H,1H3,(H2,19,20,21,22,23). The van der Waals surface area contributed by atoms with E-state index < -0.39 is 28.0 Å². The Kier molecular flexibility index (Phi) is 5.14. The van der Waals surface area contributed by atoms with E-state index in [1.807, 2.05) is 10.6 Å². The van der Waals surface area contributed by atoms with Gasteiger partial charge in [-0.25, -0.2) is 4.79 Å². The van der Waals surface area contributed by atoms with Crippen molar-refractivity contribution in [1.82, 2.24) is 10.6 Å². The number of imide groups is 2. The van der Waals surface area contributed by atoms with Crippen LogP contribution in [0.25, 0.3) is 6.08 Å². The molecule has 0 atom stereocenters. The zero-order valence-corrected chi connectivity index (χ0v) is 15.3. The second-order valence-corrected chi connectivity index (χ2v) is 7.10. The predicted molar refractivity (Wildman–Crippen MR) is 96.9 cm³/mol. The van der Waals surface area contributed by atoms with Crippen molar-refractivity contribution >= 4 is 34.0 Å². The number of nitrogens with one attached hydrogen (secondary N) is 2. The molecule has 3 rings (SSSR count). The summed E-state index contributed by atoms with van der Waals surface area (Å²) in [5.41, 5.74) is 0.0724. The first-order chi connectivity index (χ1) is 13.3. The molecule has 1 heterocycles. The molecule has 0 radical (unpaired) electrons. The van der Waals surface area contributed by atoms with Crippen molar-refractivity contribution in [1.29, 1.82) is 0 Å². The maximum absolute atomic E-state index is 12.4. The fourth-order valence-corrected chi connectivity index (χ4v) is 3.33. The molecule has 1 saturated heterocycles. The van der Waals surface area contributed by atoms with Gasteiger partial charge >= 0.3 is 16.1 Å². The van der Waals surface area contributed by atoms with Crippen molar-refractivity contribution in [3.63, 3.8) is 0 Å². The normalized spacial score (nSPS) is 14.2. The van der Waals surface area contributed by atoms with E-state index >= 15 is 0 Å². The van der Waals surface area contributed by atoms with Crippen molar-refractivity contribution in [2.24, 2.45) is 0 Å². The highest BCUT2D eigenvalue weighted by Gasteiger charge is 2.28. The molecule has 10 heteroatoms. The molecule has 1 aliphatic heterocycles. The van der Waals surface area contributed by atoms with Crippen LogP contribution in [0, 0.1) is 0 Å². The number of hydrogen-bond donors (Lipinski definition) is 2. The lowest BCUT2D eigenvalue weighted by Crippen LogP contribution is -2.51. The van der Waals surface area contributed by atoms with Crippen LogP contribution >= 0.6 is 0 Å². The Morgan fingerprint density at radius 3 is 2.14 bits per heavy atom. The maximum atomic E-state index is 12.4. The van der Waals surface area contributed by atoms with Gasteiger partial charge in [-0.2, -0.15) is 8.42 Å². The average Bonchev–Trinajstić information content (AvgIpc) is 2.66. The quantitative estimate of drug-likeness (QED) is 0.437. The van der Waals surface area contributed by atoms with E-state index in [2.05, 4.69) is 0 Å². The van der Waals surface area contributed by atoms with Gasteiger partial charge in [-0.3, -0.25) is 20.2 Å². The molecule has 1 fully saturated rings. The summed E-state index contributed by atoms with van der Waals surface area (Å²) in [6.45, 7) is 0. The number of barbiturate groups is 1. The number of rotatable bonds is 5. The van der Waals surface area contributed by atoms with Gasteiger partial charge in [0.25, 0.3) is 11.8 Å². The van der Waals surface area contributed by atoms with Gasteiger partial charge in [0, 0.05) is 0 Å². The molecule has 2 aromatic carbocycles. The maximum Gasteiger partial charge on any atom is 0.339 e. The lowest BCUT2D eigenvalue weighted by atomic mass is 10.1. The molecule has 0 saturated carbocycles. The van der Waals surface area contributed by atoms with Crippen LogP contribution in [-0.2, 0) is 19.7 Å². The molecule has 0 aromatic heterocycles. The van der Waals surface area contributed by atoms with Gasteiger partial charge in [-0.1, -0.05) is 24.3 Å². The molecular formula is C18H14N2O7S. The van der Waals surface area contributed by atoms with E-state index in [4.69, 9.17) is 8.92 Å². The number of urea groups is 1. The minimum atomic E-state index is -4.07. The molecule has 1 aliphatic rings. The molecule has 28 heavy (non-hydrogen) atoms. The first-order valence-electron chi connectivity index (χ1n) is 7.86. The Hall–Kier alpha value is -3.66. The van der Waals surface area contributed by atoms with E-state index in [0.717, 1.165) is 0 Å². The van der Waals surface area contributed by atoms with Crippen LogP contribution in [0.15, 0.2) is 59.0 Å². The van der Waals surface area contributed by atoms with Gasteiger partial charge in [0.05, 0.1) is 7.11 Å².